The van der Waals surface area contributed by atoms with E-state index in [4.69, 9.17) is 4.99 Å². The van der Waals surface area contributed by atoms with Crippen LogP contribution in [0.5, 0.6) is 0 Å². The molecule has 1 amide bonds. The quantitative estimate of drug-likeness (QED) is 0.444. The summed E-state index contributed by atoms with van der Waals surface area (Å²) in [4.78, 5) is 23.6. The number of hydrogen-bond donors (Lipinski definition) is 1. The lowest BCUT2D eigenvalue weighted by Gasteiger charge is -2.38. The molecule has 0 bridgehead atoms. The van der Waals surface area contributed by atoms with Crippen molar-refractivity contribution >= 4 is 29.4 Å². The lowest BCUT2D eigenvalue weighted by Crippen LogP contribution is -2.37. The van der Waals surface area contributed by atoms with Crippen LogP contribution in [0, 0.1) is 5.92 Å². The molecule has 4 aromatic rings. The molecule has 5 rings (SSSR count). The maximum atomic E-state index is 12.0. The summed E-state index contributed by atoms with van der Waals surface area (Å²) in [6.07, 6.45) is 3.88. The van der Waals surface area contributed by atoms with Crippen LogP contribution in [0.4, 0.5) is 11.6 Å². The highest BCUT2D eigenvalue weighted by Gasteiger charge is 2.26. The Bertz CT molecular complexity index is 1370. The van der Waals surface area contributed by atoms with Gasteiger partial charge in [0.1, 0.15) is 6.17 Å². The fourth-order valence-electron chi connectivity index (χ4n) is 4.33. The van der Waals surface area contributed by atoms with Crippen molar-refractivity contribution in [3.8, 4) is 11.1 Å². The van der Waals surface area contributed by atoms with Crippen molar-refractivity contribution in [3.05, 3.63) is 78.0 Å². The first-order valence-electron chi connectivity index (χ1n) is 11.6. The summed E-state index contributed by atoms with van der Waals surface area (Å²) in [6, 6.07) is 21.2. The largest absolute Gasteiger partial charge is 0.343 e. The maximum absolute atomic E-state index is 12.0. The number of benzene rings is 2. The Hall–Kier alpha value is -4.00. The van der Waals surface area contributed by atoms with E-state index in [1.54, 1.807) is 4.52 Å². The topological polar surface area (TPSA) is 74.9 Å². The van der Waals surface area contributed by atoms with Crippen LogP contribution in [0.1, 0.15) is 44.9 Å². The highest BCUT2D eigenvalue weighted by Crippen LogP contribution is 2.36. The first-order chi connectivity index (χ1) is 16.4. The van der Waals surface area contributed by atoms with E-state index < -0.39 is 0 Å². The summed E-state index contributed by atoms with van der Waals surface area (Å²) in [5.41, 5.74) is 6.30. The van der Waals surface area contributed by atoms with Gasteiger partial charge in [0.15, 0.2) is 5.65 Å². The molecule has 0 fully saturated rings. The molecule has 0 radical (unpaired) electrons. The predicted octanol–water partition coefficient (Wildman–Crippen LogP) is 5.34. The number of nitrogens with one attached hydrogen (secondary N) is 1. The molecule has 0 saturated heterocycles. The fraction of sp³-hybridized carbons (Fsp3) is 0.259. The third-order valence-electron chi connectivity index (χ3n) is 6.27. The zero-order chi connectivity index (χ0) is 23.8. The summed E-state index contributed by atoms with van der Waals surface area (Å²) in [6.45, 7) is 8.02. The van der Waals surface area contributed by atoms with Gasteiger partial charge in [-0.25, -0.2) is 4.52 Å². The van der Waals surface area contributed by atoms with Gasteiger partial charge >= 0.3 is 0 Å². The van der Waals surface area contributed by atoms with E-state index in [1.807, 2.05) is 44.5 Å². The van der Waals surface area contributed by atoms with E-state index in [9.17, 15) is 4.79 Å². The molecule has 0 saturated carbocycles. The summed E-state index contributed by atoms with van der Waals surface area (Å²) in [7, 11) is 0. The second kappa shape index (κ2) is 8.74. The van der Waals surface area contributed by atoms with Crippen LogP contribution in [-0.4, -0.2) is 32.9 Å². The fourth-order valence-corrected chi connectivity index (χ4v) is 4.33. The van der Waals surface area contributed by atoms with Gasteiger partial charge in [-0.3, -0.25) is 15.1 Å². The number of pyridine rings is 1. The molecule has 0 aliphatic carbocycles. The molecular weight excluding hydrogens is 424 g/mol. The average molecular weight is 453 g/mol. The molecule has 2 aromatic carbocycles. The molecule has 0 spiro atoms. The van der Waals surface area contributed by atoms with Gasteiger partial charge in [-0.15, -0.1) is 5.10 Å². The van der Waals surface area contributed by atoms with Gasteiger partial charge in [0.2, 0.25) is 11.9 Å². The van der Waals surface area contributed by atoms with Crippen molar-refractivity contribution < 1.29 is 4.79 Å². The number of anilines is 2. The molecule has 1 N–H and O–H groups in total. The first-order valence-corrected chi connectivity index (χ1v) is 11.6. The molecule has 1 aliphatic heterocycles. The van der Waals surface area contributed by atoms with Crippen LogP contribution in [0.2, 0.25) is 0 Å². The van der Waals surface area contributed by atoms with Gasteiger partial charge in [0, 0.05) is 29.6 Å². The normalized spacial score (nSPS) is 16.0. The van der Waals surface area contributed by atoms with Crippen molar-refractivity contribution in [2.24, 2.45) is 10.9 Å². The van der Waals surface area contributed by atoms with E-state index in [-0.39, 0.29) is 24.0 Å². The number of nitrogens with zero attached hydrogens (tertiary/aromatic N) is 5. The Morgan fingerprint density at radius 3 is 2.53 bits per heavy atom. The number of amides is 1. The summed E-state index contributed by atoms with van der Waals surface area (Å²) >= 11 is 0. The molecule has 3 heterocycles. The third kappa shape index (κ3) is 4.05. The molecule has 2 atom stereocenters. The average Bonchev–Trinajstić information content (AvgIpc) is 3.25. The minimum atomic E-state index is -0.133. The summed E-state index contributed by atoms with van der Waals surface area (Å²) in [5, 5.41) is 7.11. The number of aromatic nitrogens is 3. The molecule has 1 unspecified atom stereocenters. The van der Waals surface area contributed by atoms with E-state index in [0.29, 0.717) is 11.6 Å². The smallest absolute Gasteiger partial charge is 0.249 e. The van der Waals surface area contributed by atoms with Gasteiger partial charge in [-0.2, -0.15) is 4.98 Å². The maximum Gasteiger partial charge on any atom is 0.249 e. The van der Waals surface area contributed by atoms with E-state index >= 15 is 0 Å². The van der Waals surface area contributed by atoms with Crippen LogP contribution in [0.3, 0.4) is 0 Å². The molecule has 1 aliphatic rings. The molecule has 7 nitrogen and oxygen atoms in total. The highest BCUT2D eigenvalue weighted by atomic mass is 16.2. The summed E-state index contributed by atoms with van der Waals surface area (Å²) < 4.78 is 1.67. The van der Waals surface area contributed by atoms with Gasteiger partial charge in [0.25, 0.3) is 0 Å². The van der Waals surface area contributed by atoms with E-state index in [2.05, 4.69) is 76.6 Å². The molecule has 2 aromatic heterocycles. The van der Waals surface area contributed by atoms with Crippen molar-refractivity contribution in [1.29, 1.82) is 0 Å². The Morgan fingerprint density at radius 1 is 1.00 bits per heavy atom. The van der Waals surface area contributed by atoms with Crippen molar-refractivity contribution in [2.45, 2.75) is 39.9 Å². The highest BCUT2D eigenvalue weighted by molar-refractivity contribution is 5.93. The van der Waals surface area contributed by atoms with Gasteiger partial charge in [-0.05, 0) is 54.8 Å². The molecule has 172 valence electrons. The zero-order valence-electron chi connectivity index (χ0n) is 19.8. The van der Waals surface area contributed by atoms with E-state index in [1.165, 1.54) is 11.3 Å². The first kappa shape index (κ1) is 21.8. The Balaban J connectivity index is 1.46. The van der Waals surface area contributed by atoms with Gasteiger partial charge in [0.05, 0.1) is 6.04 Å². The SMILES string of the molecule is CC(C)C(=O)Nc1nc2cc(-c3ccc4c(c3)C=N[C@H](C)N4C(C)c3ccccc3)ccn2n1. The van der Waals surface area contributed by atoms with Crippen LogP contribution >= 0.6 is 0 Å². The number of hydrogen-bond acceptors (Lipinski definition) is 5. The van der Waals surface area contributed by atoms with Crippen molar-refractivity contribution in [2.75, 3.05) is 10.2 Å². The third-order valence-corrected chi connectivity index (χ3v) is 6.27. The molecule has 7 heteroatoms. The number of fused-ring (bicyclic) bond motifs is 2. The Kier molecular flexibility index (Phi) is 5.61. The Labute approximate surface area is 199 Å². The lowest BCUT2D eigenvalue weighted by atomic mass is 9.99. The minimum absolute atomic E-state index is 0.0559. The summed E-state index contributed by atoms with van der Waals surface area (Å²) in [5.74, 6) is 0.0767. The van der Waals surface area contributed by atoms with Crippen molar-refractivity contribution in [3.63, 3.8) is 0 Å². The standard InChI is InChI=1S/C27H28N6O/c1-17(2)26(34)30-27-29-25-15-22(12-13-32(25)31-27)21-10-11-24-23(14-21)16-28-19(4)33(24)18(3)20-8-6-5-7-9-20/h5-19H,1-4H3,(H,30,31,34)/t18?,19-/m0/s1. The van der Waals surface area contributed by atoms with E-state index in [0.717, 1.165) is 16.7 Å². The van der Waals surface area contributed by atoms with Gasteiger partial charge < -0.3 is 4.90 Å². The minimum Gasteiger partial charge on any atom is -0.343 e. The molecular formula is C27H28N6O. The second-order valence-corrected chi connectivity index (χ2v) is 8.98. The van der Waals surface area contributed by atoms with Crippen LogP contribution < -0.4 is 10.2 Å². The number of carbonyl (C=O) groups excluding carboxylic acids is 1. The van der Waals surface area contributed by atoms with Crippen LogP contribution in [-0.2, 0) is 4.79 Å². The van der Waals surface area contributed by atoms with Gasteiger partial charge in [-0.1, -0.05) is 50.2 Å². The Morgan fingerprint density at radius 2 is 1.76 bits per heavy atom. The number of carbonyl (C=O) groups is 1. The number of rotatable bonds is 5. The zero-order valence-corrected chi connectivity index (χ0v) is 19.8. The predicted molar refractivity (Wildman–Crippen MR) is 136 cm³/mol. The van der Waals surface area contributed by atoms with Crippen molar-refractivity contribution in [1.82, 2.24) is 14.6 Å². The number of aliphatic imine (C=N–C) groups is 1. The van der Waals surface area contributed by atoms with Crippen LogP contribution in [0.15, 0.2) is 71.9 Å². The second-order valence-electron chi connectivity index (χ2n) is 8.98. The van der Waals surface area contributed by atoms with Crippen LogP contribution in [0.25, 0.3) is 16.8 Å². The molecule has 34 heavy (non-hydrogen) atoms. The monoisotopic (exact) mass is 452 g/mol. The lowest BCUT2D eigenvalue weighted by molar-refractivity contribution is -0.118.